The number of anilines is 1. The SMILES string of the molecule is Cc1cccc(C(C)C)c1NC(=O)C1CCCN(C(=O)c2ccoc2)C1. The highest BCUT2D eigenvalue weighted by Crippen LogP contribution is 2.29. The minimum Gasteiger partial charge on any atom is -0.472 e. The van der Waals surface area contributed by atoms with E-state index in [0.717, 1.165) is 29.7 Å². The molecule has 1 unspecified atom stereocenters. The predicted octanol–water partition coefficient (Wildman–Crippen LogP) is 4.20. The van der Waals surface area contributed by atoms with Crippen LogP contribution in [-0.4, -0.2) is 29.8 Å². The smallest absolute Gasteiger partial charge is 0.257 e. The normalized spacial score (nSPS) is 17.4. The number of likely N-dealkylation sites (tertiary alicyclic amines) is 1. The van der Waals surface area contributed by atoms with E-state index in [1.807, 2.05) is 19.1 Å². The Morgan fingerprint density at radius 1 is 1.27 bits per heavy atom. The summed E-state index contributed by atoms with van der Waals surface area (Å²) >= 11 is 0. The molecule has 26 heavy (non-hydrogen) atoms. The quantitative estimate of drug-likeness (QED) is 0.895. The van der Waals surface area contributed by atoms with E-state index in [0.29, 0.717) is 24.6 Å². The number of carbonyl (C=O) groups excluding carboxylic acids is 2. The van der Waals surface area contributed by atoms with Crippen molar-refractivity contribution in [3.8, 4) is 0 Å². The maximum atomic E-state index is 12.9. The van der Waals surface area contributed by atoms with E-state index in [-0.39, 0.29) is 17.7 Å². The lowest BCUT2D eigenvalue weighted by Gasteiger charge is -2.32. The first-order valence-corrected chi connectivity index (χ1v) is 9.19. The summed E-state index contributed by atoms with van der Waals surface area (Å²) < 4.78 is 5.00. The van der Waals surface area contributed by atoms with Crippen molar-refractivity contribution in [2.45, 2.75) is 39.5 Å². The van der Waals surface area contributed by atoms with Crippen LogP contribution in [0.15, 0.2) is 41.2 Å². The lowest BCUT2D eigenvalue weighted by atomic mass is 9.94. The first-order chi connectivity index (χ1) is 12.5. The van der Waals surface area contributed by atoms with E-state index in [2.05, 4.69) is 25.2 Å². The third-order valence-electron chi connectivity index (χ3n) is 5.02. The first-order valence-electron chi connectivity index (χ1n) is 9.19. The molecule has 5 heteroatoms. The molecule has 1 aromatic carbocycles. The molecule has 1 fully saturated rings. The summed E-state index contributed by atoms with van der Waals surface area (Å²) in [5.41, 5.74) is 3.64. The average molecular weight is 354 g/mol. The largest absolute Gasteiger partial charge is 0.472 e. The van der Waals surface area contributed by atoms with Gasteiger partial charge in [-0.15, -0.1) is 0 Å². The number of nitrogens with zero attached hydrogens (tertiary/aromatic N) is 1. The third-order valence-corrected chi connectivity index (χ3v) is 5.02. The van der Waals surface area contributed by atoms with Gasteiger partial charge in [0.1, 0.15) is 6.26 Å². The highest BCUT2D eigenvalue weighted by Gasteiger charge is 2.30. The summed E-state index contributed by atoms with van der Waals surface area (Å²) in [4.78, 5) is 27.2. The van der Waals surface area contributed by atoms with Crippen LogP contribution in [-0.2, 0) is 4.79 Å². The Kier molecular flexibility index (Phi) is 5.45. The molecule has 2 aromatic rings. The van der Waals surface area contributed by atoms with Gasteiger partial charge in [0.15, 0.2) is 0 Å². The first kappa shape index (κ1) is 18.2. The van der Waals surface area contributed by atoms with Gasteiger partial charge in [0.25, 0.3) is 5.91 Å². The Hall–Kier alpha value is -2.56. The van der Waals surface area contributed by atoms with Crippen LogP contribution < -0.4 is 5.32 Å². The fourth-order valence-corrected chi connectivity index (χ4v) is 3.51. The molecule has 3 rings (SSSR count). The minimum atomic E-state index is -0.195. The van der Waals surface area contributed by atoms with E-state index in [9.17, 15) is 9.59 Å². The van der Waals surface area contributed by atoms with Crippen molar-refractivity contribution < 1.29 is 14.0 Å². The molecule has 2 heterocycles. The number of carbonyl (C=O) groups is 2. The van der Waals surface area contributed by atoms with Crippen LogP contribution in [0.1, 0.15) is 54.1 Å². The van der Waals surface area contributed by atoms with Gasteiger partial charge in [0.2, 0.25) is 5.91 Å². The molecule has 5 nitrogen and oxygen atoms in total. The summed E-state index contributed by atoms with van der Waals surface area (Å²) in [7, 11) is 0. The summed E-state index contributed by atoms with van der Waals surface area (Å²) in [6.45, 7) is 7.37. The van der Waals surface area contributed by atoms with Crippen molar-refractivity contribution in [2.24, 2.45) is 5.92 Å². The van der Waals surface area contributed by atoms with Gasteiger partial charge in [0.05, 0.1) is 17.7 Å². The molecule has 1 atom stereocenters. The van der Waals surface area contributed by atoms with Gasteiger partial charge in [-0.1, -0.05) is 32.0 Å². The number of furan rings is 1. The topological polar surface area (TPSA) is 62.6 Å². The van der Waals surface area contributed by atoms with Crippen molar-refractivity contribution in [3.05, 3.63) is 53.5 Å². The number of nitrogens with one attached hydrogen (secondary N) is 1. The fraction of sp³-hybridized carbons (Fsp3) is 0.429. The Labute approximate surface area is 154 Å². The molecule has 138 valence electrons. The van der Waals surface area contributed by atoms with Gasteiger partial charge in [-0.05, 0) is 42.9 Å². The zero-order valence-electron chi connectivity index (χ0n) is 15.6. The number of para-hydroxylation sites is 1. The number of aryl methyl sites for hydroxylation is 1. The number of amides is 2. The molecule has 0 aliphatic carbocycles. The van der Waals surface area contributed by atoms with E-state index < -0.39 is 0 Å². The summed E-state index contributed by atoms with van der Waals surface area (Å²) in [6, 6.07) is 7.75. The molecule has 1 aliphatic heterocycles. The maximum absolute atomic E-state index is 12.9. The van der Waals surface area contributed by atoms with Gasteiger partial charge < -0.3 is 14.6 Å². The molecule has 0 spiro atoms. The Bertz CT molecular complexity index is 781. The van der Waals surface area contributed by atoms with Crippen molar-refractivity contribution in [1.29, 1.82) is 0 Å². The monoisotopic (exact) mass is 354 g/mol. The van der Waals surface area contributed by atoms with Gasteiger partial charge in [-0.3, -0.25) is 9.59 Å². The van der Waals surface area contributed by atoms with Crippen LogP contribution in [0.2, 0.25) is 0 Å². The number of hydrogen-bond acceptors (Lipinski definition) is 3. The second-order valence-electron chi connectivity index (χ2n) is 7.29. The number of hydrogen-bond donors (Lipinski definition) is 1. The third kappa shape index (κ3) is 3.82. The number of rotatable bonds is 4. The van der Waals surface area contributed by atoms with Crippen molar-refractivity contribution >= 4 is 17.5 Å². The molecule has 0 saturated carbocycles. The van der Waals surface area contributed by atoms with Gasteiger partial charge in [-0.2, -0.15) is 0 Å². The van der Waals surface area contributed by atoms with Crippen molar-refractivity contribution in [3.63, 3.8) is 0 Å². The molecule has 1 aliphatic rings. The molecule has 1 saturated heterocycles. The molecule has 0 radical (unpaired) electrons. The van der Waals surface area contributed by atoms with E-state index in [4.69, 9.17) is 4.42 Å². The van der Waals surface area contributed by atoms with Crippen LogP contribution in [0.3, 0.4) is 0 Å². The van der Waals surface area contributed by atoms with Gasteiger partial charge in [0, 0.05) is 18.8 Å². The predicted molar refractivity (Wildman–Crippen MR) is 101 cm³/mol. The highest BCUT2D eigenvalue weighted by molar-refractivity contribution is 5.96. The number of piperidine rings is 1. The lowest BCUT2D eigenvalue weighted by molar-refractivity contribution is -0.121. The van der Waals surface area contributed by atoms with Gasteiger partial charge in [-0.25, -0.2) is 0 Å². The molecule has 1 aromatic heterocycles. The Morgan fingerprint density at radius 3 is 2.77 bits per heavy atom. The summed E-state index contributed by atoms with van der Waals surface area (Å²) in [6.07, 6.45) is 4.57. The molecular formula is C21H26N2O3. The fourth-order valence-electron chi connectivity index (χ4n) is 3.51. The lowest BCUT2D eigenvalue weighted by Crippen LogP contribution is -2.43. The van der Waals surface area contributed by atoms with Crippen LogP contribution in [0.5, 0.6) is 0 Å². The van der Waals surface area contributed by atoms with Crippen LogP contribution >= 0.6 is 0 Å². The van der Waals surface area contributed by atoms with Crippen molar-refractivity contribution in [2.75, 3.05) is 18.4 Å². The summed E-state index contributed by atoms with van der Waals surface area (Å²) in [5, 5.41) is 3.13. The zero-order valence-corrected chi connectivity index (χ0v) is 15.6. The van der Waals surface area contributed by atoms with Crippen molar-refractivity contribution in [1.82, 2.24) is 4.90 Å². The van der Waals surface area contributed by atoms with E-state index in [1.54, 1.807) is 11.0 Å². The van der Waals surface area contributed by atoms with Gasteiger partial charge >= 0.3 is 0 Å². The minimum absolute atomic E-state index is 0.00843. The second kappa shape index (κ2) is 7.77. The maximum Gasteiger partial charge on any atom is 0.257 e. The van der Waals surface area contributed by atoms with E-state index >= 15 is 0 Å². The zero-order chi connectivity index (χ0) is 18.7. The molecule has 1 N–H and O–H groups in total. The van der Waals surface area contributed by atoms with E-state index in [1.165, 1.54) is 12.5 Å². The van der Waals surface area contributed by atoms with Crippen LogP contribution in [0, 0.1) is 12.8 Å². The van der Waals surface area contributed by atoms with Crippen LogP contribution in [0.4, 0.5) is 5.69 Å². The average Bonchev–Trinajstić information content (AvgIpc) is 3.17. The standard InChI is InChI=1S/C21H26N2O3/c1-14(2)18-8-4-6-15(3)19(18)22-20(24)16-7-5-10-23(12-16)21(25)17-9-11-26-13-17/h4,6,8-9,11,13-14,16H,5,7,10,12H2,1-3H3,(H,22,24). The van der Waals surface area contributed by atoms with Crippen LogP contribution in [0.25, 0.3) is 0 Å². The Balaban J connectivity index is 1.72. The molecule has 2 amide bonds. The Morgan fingerprint density at radius 2 is 2.08 bits per heavy atom. The highest BCUT2D eigenvalue weighted by atomic mass is 16.3. The summed E-state index contributed by atoms with van der Waals surface area (Å²) in [5.74, 6) is 0.0517. The molecular weight excluding hydrogens is 328 g/mol. The molecule has 0 bridgehead atoms. The second-order valence-corrected chi connectivity index (χ2v) is 7.29. The number of benzene rings is 1.